The SMILES string of the molecule is CCCC(CNC)N1CCCCC1CC. The maximum absolute atomic E-state index is 3.35. The minimum absolute atomic E-state index is 0.769. The molecule has 2 heteroatoms. The lowest BCUT2D eigenvalue weighted by Gasteiger charge is -2.41. The highest BCUT2D eigenvalue weighted by Gasteiger charge is 2.26. The average Bonchev–Trinajstić information content (AvgIpc) is 2.29. The summed E-state index contributed by atoms with van der Waals surface area (Å²) in [4.78, 5) is 2.77. The van der Waals surface area contributed by atoms with Crippen LogP contribution in [0.3, 0.4) is 0 Å². The molecule has 0 saturated carbocycles. The van der Waals surface area contributed by atoms with E-state index in [-0.39, 0.29) is 0 Å². The van der Waals surface area contributed by atoms with Gasteiger partial charge in [0.05, 0.1) is 0 Å². The molecule has 0 amide bonds. The Labute approximate surface area is 95.4 Å². The Hall–Kier alpha value is -0.0800. The molecular formula is C13H28N2. The van der Waals surface area contributed by atoms with Crippen LogP contribution >= 0.6 is 0 Å². The molecule has 1 rings (SSSR count). The molecule has 0 aromatic carbocycles. The van der Waals surface area contributed by atoms with Gasteiger partial charge in [-0.1, -0.05) is 26.7 Å². The van der Waals surface area contributed by atoms with Gasteiger partial charge in [-0.05, 0) is 39.3 Å². The summed E-state index contributed by atoms with van der Waals surface area (Å²) in [6, 6.07) is 1.62. The van der Waals surface area contributed by atoms with Crippen molar-refractivity contribution < 1.29 is 0 Å². The highest BCUT2D eigenvalue weighted by Crippen LogP contribution is 2.23. The number of nitrogens with one attached hydrogen (secondary N) is 1. The molecular weight excluding hydrogens is 184 g/mol. The molecule has 15 heavy (non-hydrogen) atoms. The first-order valence-electron chi connectivity index (χ1n) is 6.73. The zero-order valence-electron chi connectivity index (χ0n) is 10.8. The van der Waals surface area contributed by atoms with E-state index in [4.69, 9.17) is 0 Å². The van der Waals surface area contributed by atoms with Crippen molar-refractivity contribution in [3.8, 4) is 0 Å². The molecule has 90 valence electrons. The molecule has 0 spiro atoms. The normalized spacial score (nSPS) is 25.4. The molecule has 1 heterocycles. The Bertz CT molecular complexity index is 153. The van der Waals surface area contributed by atoms with E-state index in [1.54, 1.807) is 0 Å². The first-order chi connectivity index (χ1) is 7.33. The molecule has 0 aromatic rings. The van der Waals surface area contributed by atoms with Crippen molar-refractivity contribution in [1.29, 1.82) is 0 Å². The fourth-order valence-corrected chi connectivity index (χ4v) is 2.90. The summed E-state index contributed by atoms with van der Waals surface area (Å²) in [6.45, 7) is 7.12. The number of hydrogen-bond acceptors (Lipinski definition) is 2. The summed E-state index contributed by atoms with van der Waals surface area (Å²) < 4.78 is 0. The van der Waals surface area contributed by atoms with E-state index in [1.165, 1.54) is 45.1 Å². The van der Waals surface area contributed by atoms with Crippen LogP contribution in [0.5, 0.6) is 0 Å². The molecule has 1 N–H and O–H groups in total. The first-order valence-corrected chi connectivity index (χ1v) is 6.73. The van der Waals surface area contributed by atoms with Crippen LogP contribution in [0, 0.1) is 0 Å². The highest BCUT2D eigenvalue weighted by atomic mass is 15.2. The molecule has 2 unspecified atom stereocenters. The Balaban J connectivity index is 2.53. The van der Waals surface area contributed by atoms with Crippen molar-refractivity contribution in [2.45, 2.75) is 64.5 Å². The van der Waals surface area contributed by atoms with E-state index in [1.807, 2.05) is 0 Å². The van der Waals surface area contributed by atoms with Gasteiger partial charge in [-0.25, -0.2) is 0 Å². The van der Waals surface area contributed by atoms with Crippen LogP contribution in [0.25, 0.3) is 0 Å². The average molecular weight is 212 g/mol. The number of likely N-dealkylation sites (tertiary alicyclic amines) is 1. The van der Waals surface area contributed by atoms with Gasteiger partial charge in [-0.2, -0.15) is 0 Å². The van der Waals surface area contributed by atoms with Crippen molar-refractivity contribution in [3.05, 3.63) is 0 Å². The van der Waals surface area contributed by atoms with Gasteiger partial charge in [0, 0.05) is 18.6 Å². The molecule has 0 aromatic heterocycles. The number of piperidine rings is 1. The van der Waals surface area contributed by atoms with Crippen LogP contribution in [-0.2, 0) is 0 Å². The third kappa shape index (κ3) is 3.76. The summed E-state index contributed by atoms with van der Waals surface area (Å²) in [5, 5.41) is 3.35. The third-order valence-electron chi connectivity index (χ3n) is 3.67. The van der Waals surface area contributed by atoms with E-state index in [0.717, 1.165) is 18.6 Å². The van der Waals surface area contributed by atoms with E-state index < -0.39 is 0 Å². The van der Waals surface area contributed by atoms with Gasteiger partial charge in [-0.15, -0.1) is 0 Å². The second kappa shape index (κ2) is 7.24. The van der Waals surface area contributed by atoms with Crippen LogP contribution in [0.4, 0.5) is 0 Å². The number of nitrogens with zero attached hydrogens (tertiary/aromatic N) is 1. The fraction of sp³-hybridized carbons (Fsp3) is 1.00. The third-order valence-corrected chi connectivity index (χ3v) is 3.67. The zero-order valence-corrected chi connectivity index (χ0v) is 10.8. The summed E-state index contributed by atoms with van der Waals surface area (Å²) in [5.74, 6) is 0. The first kappa shape index (κ1) is 13.0. The summed E-state index contributed by atoms with van der Waals surface area (Å²) >= 11 is 0. The number of rotatable bonds is 6. The highest BCUT2D eigenvalue weighted by molar-refractivity contribution is 4.83. The monoisotopic (exact) mass is 212 g/mol. The standard InChI is InChI=1S/C13H28N2/c1-4-8-13(11-14-3)15-10-7-6-9-12(15)5-2/h12-14H,4-11H2,1-3H3. The Morgan fingerprint density at radius 3 is 2.73 bits per heavy atom. The summed E-state index contributed by atoms with van der Waals surface area (Å²) in [7, 11) is 2.08. The predicted molar refractivity (Wildman–Crippen MR) is 67.3 cm³/mol. The minimum Gasteiger partial charge on any atom is -0.318 e. The molecule has 0 radical (unpaired) electrons. The molecule has 0 bridgehead atoms. The van der Waals surface area contributed by atoms with Crippen LogP contribution in [0.15, 0.2) is 0 Å². The van der Waals surface area contributed by atoms with Gasteiger partial charge < -0.3 is 5.32 Å². The van der Waals surface area contributed by atoms with Crippen LogP contribution in [0.1, 0.15) is 52.4 Å². The quantitative estimate of drug-likeness (QED) is 0.728. The van der Waals surface area contributed by atoms with Gasteiger partial charge in [0.15, 0.2) is 0 Å². The van der Waals surface area contributed by atoms with Crippen molar-refractivity contribution >= 4 is 0 Å². The lowest BCUT2D eigenvalue weighted by molar-refractivity contribution is 0.0863. The number of likely N-dealkylation sites (N-methyl/N-ethyl adjacent to an activating group) is 1. The lowest BCUT2D eigenvalue weighted by atomic mass is 9.96. The van der Waals surface area contributed by atoms with Gasteiger partial charge in [-0.3, -0.25) is 4.90 Å². The maximum Gasteiger partial charge on any atom is 0.0223 e. The van der Waals surface area contributed by atoms with Gasteiger partial charge in [0.25, 0.3) is 0 Å². The largest absolute Gasteiger partial charge is 0.318 e. The molecule has 1 saturated heterocycles. The van der Waals surface area contributed by atoms with Gasteiger partial charge in [0.1, 0.15) is 0 Å². The van der Waals surface area contributed by atoms with Crippen molar-refractivity contribution in [1.82, 2.24) is 10.2 Å². The fourth-order valence-electron chi connectivity index (χ4n) is 2.90. The molecule has 2 nitrogen and oxygen atoms in total. The molecule has 1 aliphatic rings. The summed E-state index contributed by atoms with van der Waals surface area (Å²) in [6.07, 6.45) is 8.23. The molecule has 0 aliphatic carbocycles. The molecule has 2 atom stereocenters. The van der Waals surface area contributed by atoms with Gasteiger partial charge >= 0.3 is 0 Å². The smallest absolute Gasteiger partial charge is 0.0223 e. The second-order valence-electron chi connectivity index (χ2n) is 4.80. The predicted octanol–water partition coefficient (Wildman–Crippen LogP) is 2.64. The summed E-state index contributed by atoms with van der Waals surface area (Å²) in [5.41, 5.74) is 0. The second-order valence-corrected chi connectivity index (χ2v) is 4.80. The van der Waals surface area contributed by atoms with Crippen LogP contribution in [-0.4, -0.2) is 37.1 Å². The van der Waals surface area contributed by atoms with E-state index in [0.29, 0.717) is 0 Å². The lowest BCUT2D eigenvalue weighted by Crippen LogP contribution is -2.49. The van der Waals surface area contributed by atoms with E-state index in [2.05, 4.69) is 31.1 Å². The maximum atomic E-state index is 3.35. The van der Waals surface area contributed by atoms with Gasteiger partial charge in [0.2, 0.25) is 0 Å². The Kier molecular flexibility index (Phi) is 6.26. The molecule has 1 aliphatic heterocycles. The minimum atomic E-state index is 0.769. The Morgan fingerprint density at radius 2 is 2.13 bits per heavy atom. The van der Waals surface area contributed by atoms with Crippen molar-refractivity contribution in [2.24, 2.45) is 0 Å². The van der Waals surface area contributed by atoms with Crippen molar-refractivity contribution in [2.75, 3.05) is 20.1 Å². The van der Waals surface area contributed by atoms with E-state index >= 15 is 0 Å². The Morgan fingerprint density at radius 1 is 1.33 bits per heavy atom. The number of hydrogen-bond donors (Lipinski definition) is 1. The molecule has 1 fully saturated rings. The zero-order chi connectivity index (χ0) is 11.1. The van der Waals surface area contributed by atoms with Crippen LogP contribution < -0.4 is 5.32 Å². The van der Waals surface area contributed by atoms with E-state index in [9.17, 15) is 0 Å². The topological polar surface area (TPSA) is 15.3 Å². The van der Waals surface area contributed by atoms with Crippen LogP contribution in [0.2, 0.25) is 0 Å². The van der Waals surface area contributed by atoms with Crippen molar-refractivity contribution in [3.63, 3.8) is 0 Å².